The van der Waals surface area contributed by atoms with Crippen LogP contribution in [0.5, 0.6) is 0 Å². The Morgan fingerprint density at radius 2 is 0.864 bits per heavy atom. The fourth-order valence-electron chi connectivity index (χ4n) is 11.1. The minimum atomic E-state index is -3.13. The van der Waals surface area contributed by atoms with E-state index in [9.17, 15) is 16.8 Å². The molecule has 12 heteroatoms. The van der Waals surface area contributed by atoms with Gasteiger partial charge in [-0.2, -0.15) is 0 Å². The van der Waals surface area contributed by atoms with E-state index in [0.29, 0.717) is 38.0 Å². The Balaban J connectivity index is 0.000000166. The second-order valence-electron chi connectivity index (χ2n) is 18.5. The molecule has 4 aliphatic rings. The number of imidazole rings is 2. The van der Waals surface area contributed by atoms with E-state index < -0.39 is 20.0 Å². The number of piperidine rings is 2. The molecule has 66 heavy (non-hydrogen) atoms. The molecular formula is C54H62N6O4S2. The van der Waals surface area contributed by atoms with E-state index >= 15 is 0 Å². The summed E-state index contributed by atoms with van der Waals surface area (Å²) >= 11 is 0. The fourth-order valence-corrected chi connectivity index (χ4v) is 12.8. The normalized spacial score (nSPS) is 19.4. The predicted octanol–water partition coefficient (Wildman–Crippen LogP) is 10.0. The van der Waals surface area contributed by atoms with Crippen LogP contribution in [-0.2, 0) is 33.1 Å². The van der Waals surface area contributed by atoms with Crippen LogP contribution in [0.25, 0.3) is 23.3 Å². The van der Waals surface area contributed by atoms with E-state index in [4.69, 9.17) is 0 Å². The van der Waals surface area contributed by atoms with E-state index in [0.717, 1.165) is 64.5 Å². The molecule has 2 unspecified atom stereocenters. The zero-order valence-electron chi connectivity index (χ0n) is 38.2. The summed E-state index contributed by atoms with van der Waals surface area (Å²) in [6, 6.07) is 35.2. The average Bonchev–Trinajstić information content (AvgIpc) is 4.01. The molecule has 6 aromatic rings. The van der Waals surface area contributed by atoms with Crippen molar-refractivity contribution in [3.63, 3.8) is 0 Å². The summed E-state index contributed by atoms with van der Waals surface area (Å²) < 4.78 is 55.8. The van der Waals surface area contributed by atoms with E-state index in [2.05, 4.69) is 128 Å². The molecule has 4 aromatic carbocycles. The van der Waals surface area contributed by atoms with Crippen molar-refractivity contribution in [3.05, 3.63) is 179 Å². The second kappa shape index (κ2) is 20.2. The van der Waals surface area contributed by atoms with Gasteiger partial charge in [-0.25, -0.2) is 35.4 Å². The maximum absolute atomic E-state index is 12.1. The highest BCUT2D eigenvalue weighted by Gasteiger charge is 2.36. The Labute approximate surface area is 391 Å². The Bertz CT molecular complexity index is 2680. The van der Waals surface area contributed by atoms with Crippen molar-refractivity contribution in [1.29, 1.82) is 0 Å². The number of nitrogens with zero attached hydrogens (tertiary/aromatic N) is 6. The maximum atomic E-state index is 12.1. The van der Waals surface area contributed by atoms with Gasteiger partial charge in [0.25, 0.3) is 0 Å². The molecule has 4 heterocycles. The summed E-state index contributed by atoms with van der Waals surface area (Å²) in [5, 5.41) is 0. The topological polar surface area (TPSA) is 110 Å². The van der Waals surface area contributed by atoms with Crippen LogP contribution in [0, 0.1) is 11.8 Å². The lowest BCUT2D eigenvalue weighted by molar-refractivity contribution is 0.257. The van der Waals surface area contributed by atoms with Crippen molar-refractivity contribution < 1.29 is 16.8 Å². The van der Waals surface area contributed by atoms with E-state index in [1.165, 1.54) is 68.2 Å². The lowest BCUT2D eigenvalue weighted by atomic mass is 9.74. The first-order valence-electron chi connectivity index (χ1n) is 23.6. The van der Waals surface area contributed by atoms with Crippen molar-refractivity contribution in [2.24, 2.45) is 11.8 Å². The molecule has 2 aliphatic carbocycles. The third-order valence-corrected chi connectivity index (χ3v) is 16.9. The summed E-state index contributed by atoms with van der Waals surface area (Å²) in [5.41, 5.74) is 13.5. The average molecular weight is 923 g/mol. The number of rotatable bonds is 12. The quantitative estimate of drug-likeness (QED) is 0.121. The van der Waals surface area contributed by atoms with Gasteiger partial charge in [0.1, 0.15) is 0 Å². The van der Waals surface area contributed by atoms with Crippen molar-refractivity contribution in [1.82, 2.24) is 27.7 Å². The molecule has 2 fully saturated rings. The van der Waals surface area contributed by atoms with Gasteiger partial charge in [-0.1, -0.05) is 109 Å². The molecule has 10 rings (SSSR count). The first-order chi connectivity index (χ1) is 32.0. The van der Waals surface area contributed by atoms with Crippen molar-refractivity contribution >= 4 is 43.3 Å². The van der Waals surface area contributed by atoms with Gasteiger partial charge >= 0.3 is 0 Å². The molecule has 2 aromatic heterocycles. The first kappa shape index (κ1) is 45.7. The molecule has 0 radical (unpaired) electrons. The predicted molar refractivity (Wildman–Crippen MR) is 266 cm³/mol. The maximum Gasteiger partial charge on any atom is 0.211 e. The third-order valence-electron chi connectivity index (χ3n) is 14.3. The molecule has 0 saturated carbocycles. The van der Waals surface area contributed by atoms with Crippen LogP contribution in [0.1, 0.15) is 108 Å². The number of sulfonamides is 2. The zero-order valence-corrected chi connectivity index (χ0v) is 39.8. The number of benzene rings is 4. The lowest BCUT2D eigenvalue weighted by Crippen LogP contribution is -2.39. The van der Waals surface area contributed by atoms with Crippen LogP contribution in [0.4, 0.5) is 0 Å². The van der Waals surface area contributed by atoms with Crippen LogP contribution in [0.2, 0.25) is 0 Å². The smallest absolute Gasteiger partial charge is 0.211 e. The molecule has 10 nitrogen and oxygen atoms in total. The molecule has 2 atom stereocenters. The minimum absolute atomic E-state index is 0.279. The molecule has 0 amide bonds. The number of hydrogen-bond acceptors (Lipinski definition) is 6. The Morgan fingerprint density at radius 3 is 1.23 bits per heavy atom. The Hall–Kier alpha value is -5.40. The van der Waals surface area contributed by atoms with Crippen LogP contribution < -0.4 is 0 Å². The van der Waals surface area contributed by atoms with Gasteiger partial charge < -0.3 is 9.13 Å². The highest BCUT2D eigenvalue weighted by Crippen LogP contribution is 2.47. The highest BCUT2D eigenvalue weighted by atomic mass is 32.2. The van der Waals surface area contributed by atoms with Gasteiger partial charge in [0.2, 0.25) is 20.0 Å². The van der Waals surface area contributed by atoms with Crippen LogP contribution >= 0.6 is 0 Å². The van der Waals surface area contributed by atoms with Crippen molar-refractivity contribution in [3.8, 4) is 0 Å². The monoisotopic (exact) mass is 922 g/mol. The molecular weight excluding hydrogens is 861 g/mol. The Kier molecular flexibility index (Phi) is 14.0. The second-order valence-corrected chi connectivity index (χ2v) is 22.5. The number of fused-ring (bicyclic) bond motifs is 4. The van der Waals surface area contributed by atoms with E-state index in [1.54, 1.807) is 8.61 Å². The zero-order chi connectivity index (χ0) is 45.7. The lowest BCUT2D eigenvalue weighted by Gasteiger charge is -2.36. The minimum Gasteiger partial charge on any atom is -0.337 e. The summed E-state index contributed by atoms with van der Waals surface area (Å²) in [4.78, 5) is 8.32. The number of aryl methyl sites for hydroxylation is 2. The van der Waals surface area contributed by atoms with E-state index in [-0.39, 0.29) is 11.8 Å². The highest BCUT2D eigenvalue weighted by molar-refractivity contribution is 7.88. The van der Waals surface area contributed by atoms with Gasteiger partial charge in [-0.15, -0.1) is 0 Å². The number of aromatic nitrogens is 4. The van der Waals surface area contributed by atoms with Crippen LogP contribution in [0.3, 0.4) is 0 Å². The van der Waals surface area contributed by atoms with Crippen molar-refractivity contribution in [2.75, 3.05) is 38.7 Å². The molecule has 0 N–H and O–H groups in total. The van der Waals surface area contributed by atoms with E-state index in [1.807, 2.05) is 37.4 Å². The molecule has 0 bridgehead atoms. The van der Waals surface area contributed by atoms with Crippen molar-refractivity contribution in [2.45, 2.75) is 76.3 Å². The summed E-state index contributed by atoms with van der Waals surface area (Å²) in [7, 11) is -6.26. The molecule has 344 valence electrons. The summed E-state index contributed by atoms with van der Waals surface area (Å²) in [5.74, 6) is 1.40. The first-order valence-corrected chi connectivity index (χ1v) is 27.3. The molecule has 0 spiro atoms. The number of allylic oxidation sites excluding steroid dienone is 2. The molecule has 2 saturated heterocycles. The largest absolute Gasteiger partial charge is 0.337 e. The van der Waals surface area contributed by atoms with Gasteiger partial charge in [0, 0.05) is 75.9 Å². The standard InChI is InChI=1S/2C27H31N3O2S/c2*1-33(31,32)30-16-12-21(13-17-30)27-25-10-3-2-7-23(25)19-22(24-9-4-5-11-26(24)27)8-6-15-29-18-14-28-20-29/h2*2-5,7,9-11,14,18-21,27H,6,8,12-13,15-17H2,1H3. The van der Waals surface area contributed by atoms with Gasteiger partial charge in [0.15, 0.2) is 0 Å². The van der Waals surface area contributed by atoms with Gasteiger partial charge in [0.05, 0.1) is 25.2 Å². The fraction of sp³-hybridized carbons (Fsp3) is 0.370. The summed E-state index contributed by atoms with van der Waals surface area (Å²) in [6.45, 7) is 4.33. The van der Waals surface area contributed by atoms with Gasteiger partial charge in [-0.3, -0.25) is 0 Å². The Morgan fingerprint density at radius 1 is 0.500 bits per heavy atom. The van der Waals surface area contributed by atoms with Crippen LogP contribution in [0.15, 0.2) is 135 Å². The molecule has 2 aliphatic heterocycles. The number of hydrogen-bond donors (Lipinski definition) is 0. The SMILES string of the molecule is CS(=O)(=O)N1CCC(C2c3ccccc3C=C(CCCn3ccnc3)c3ccccc32)CC1.CS(=O)(=O)N1CCC(C2c3ccccc3C=C(CCCn3ccnc3)c3ccccc32)CC1. The van der Waals surface area contributed by atoms with Crippen LogP contribution in [-0.4, -0.2) is 83.2 Å². The third kappa shape index (κ3) is 10.4. The van der Waals surface area contributed by atoms with Gasteiger partial charge in [-0.05, 0) is 119 Å². The summed E-state index contributed by atoms with van der Waals surface area (Å²) in [6.07, 6.45) is 26.5.